The molecule has 2 heterocycles. The molecular weight excluding hydrogens is 424 g/mol. The topological polar surface area (TPSA) is 125 Å². The lowest BCUT2D eigenvalue weighted by Gasteiger charge is -2.28. The molecule has 0 bridgehead atoms. The Balaban J connectivity index is 1.65. The van der Waals surface area contributed by atoms with Gasteiger partial charge in [0.25, 0.3) is 0 Å². The number of anilines is 1. The molecule has 1 fully saturated rings. The third-order valence-corrected chi connectivity index (χ3v) is 6.41. The number of nitrogens with zero attached hydrogens (tertiary/aromatic N) is 4. The fraction of sp³-hybridized carbons (Fsp3) is 0.304. The van der Waals surface area contributed by atoms with Crippen molar-refractivity contribution in [2.45, 2.75) is 48.7 Å². The van der Waals surface area contributed by atoms with Gasteiger partial charge < -0.3 is 20.6 Å². The largest absolute Gasteiger partial charge is 0.488 e. The van der Waals surface area contributed by atoms with Crippen LogP contribution in [0.2, 0.25) is 0 Å². The van der Waals surface area contributed by atoms with E-state index in [-0.39, 0.29) is 17.6 Å². The number of H-pyrrole nitrogens is 1. The second-order valence-electron chi connectivity index (χ2n) is 7.51. The third kappa shape index (κ3) is 4.54. The van der Waals surface area contributed by atoms with E-state index in [2.05, 4.69) is 25.9 Å². The number of imidazole rings is 1. The quantitative estimate of drug-likeness (QED) is 0.377. The molecule has 32 heavy (non-hydrogen) atoms. The van der Waals surface area contributed by atoms with Gasteiger partial charge in [0.1, 0.15) is 28.8 Å². The Kier molecular flexibility index (Phi) is 6.60. The summed E-state index contributed by atoms with van der Waals surface area (Å²) in [5, 5.41) is 20.5. The number of hydrogen-bond donors (Lipinski definition) is 3. The third-order valence-electron chi connectivity index (χ3n) is 5.40. The molecule has 3 aromatic rings. The molecule has 9 heteroatoms. The number of nitrogens with one attached hydrogen (secondary N) is 1. The average Bonchev–Trinajstić information content (AvgIpc) is 3.33. The van der Waals surface area contributed by atoms with E-state index < -0.39 is 6.10 Å². The Morgan fingerprint density at radius 1 is 1.31 bits per heavy atom. The molecule has 0 radical (unpaired) electrons. The van der Waals surface area contributed by atoms with E-state index in [9.17, 15) is 10.4 Å². The van der Waals surface area contributed by atoms with Gasteiger partial charge in [-0.2, -0.15) is 5.26 Å². The van der Waals surface area contributed by atoms with Gasteiger partial charge in [0.2, 0.25) is 5.69 Å². The van der Waals surface area contributed by atoms with Crippen LogP contribution in [0.15, 0.2) is 41.8 Å². The molecule has 4 N–H and O–H groups in total. The van der Waals surface area contributed by atoms with Crippen LogP contribution >= 0.6 is 11.8 Å². The maximum Gasteiger partial charge on any atom is 0.236 e. The fourth-order valence-electron chi connectivity index (χ4n) is 3.78. The number of benzene rings is 1. The first-order valence-electron chi connectivity index (χ1n) is 10.3. The molecule has 2 atom stereocenters. The van der Waals surface area contributed by atoms with E-state index in [1.54, 1.807) is 36.8 Å². The molecule has 0 unspecified atom stereocenters. The highest BCUT2D eigenvalue weighted by atomic mass is 32.2. The summed E-state index contributed by atoms with van der Waals surface area (Å²) in [5.41, 5.74) is 8.51. The standard InChI is InChI=1S/C23H22N6O2S/c1-26-21-20(14-6-8-16(9-7-14)31-19-5-3-2-4-18(19)30)17(10-24)23(29-22(21)25)32-12-15-11-27-13-28-15/h6-9,11,13,18-19,30H,2-5,12H2,(H2,25,29)(H,27,28)/t18-,19-/m0/s1. The van der Waals surface area contributed by atoms with Crippen LogP contribution in [0.1, 0.15) is 36.9 Å². The maximum absolute atomic E-state index is 10.2. The van der Waals surface area contributed by atoms with Crippen molar-refractivity contribution in [3.05, 3.63) is 59.5 Å². The molecule has 162 valence electrons. The number of rotatable bonds is 6. The fourth-order valence-corrected chi connectivity index (χ4v) is 4.67. The van der Waals surface area contributed by atoms with Gasteiger partial charge in [-0.05, 0) is 37.0 Å². The van der Waals surface area contributed by atoms with Crippen molar-refractivity contribution >= 4 is 23.3 Å². The van der Waals surface area contributed by atoms with E-state index in [1.807, 2.05) is 0 Å². The Bertz CT molecular complexity index is 1170. The molecule has 4 rings (SSSR count). The molecule has 2 aromatic heterocycles. The first-order chi connectivity index (χ1) is 15.6. The number of nitrogens with two attached hydrogens (primary N) is 1. The van der Waals surface area contributed by atoms with Crippen molar-refractivity contribution in [3.8, 4) is 22.9 Å². The van der Waals surface area contributed by atoms with Crippen molar-refractivity contribution in [1.29, 1.82) is 5.26 Å². The zero-order valence-corrected chi connectivity index (χ0v) is 18.1. The van der Waals surface area contributed by atoms with Crippen LogP contribution in [0, 0.1) is 17.9 Å². The minimum absolute atomic E-state index is 0.0872. The molecule has 1 aromatic carbocycles. The Hall–Kier alpha value is -3.53. The summed E-state index contributed by atoms with van der Waals surface area (Å²) < 4.78 is 5.97. The number of aromatic nitrogens is 3. The van der Waals surface area contributed by atoms with Crippen molar-refractivity contribution < 1.29 is 9.84 Å². The summed E-state index contributed by atoms with van der Waals surface area (Å²) >= 11 is 1.35. The molecule has 0 amide bonds. The van der Waals surface area contributed by atoms with E-state index >= 15 is 0 Å². The SMILES string of the molecule is [C-]#[N+]c1c(N)nc(SCc2c[nH]cn2)c(C#N)c1-c1ccc(O[C@H]2CCCC[C@@H]2O)cc1. The molecule has 8 nitrogen and oxygen atoms in total. The van der Waals surface area contributed by atoms with Crippen LogP contribution in [-0.4, -0.2) is 32.3 Å². The lowest BCUT2D eigenvalue weighted by atomic mass is 9.95. The summed E-state index contributed by atoms with van der Waals surface area (Å²) in [6, 6.07) is 9.39. The summed E-state index contributed by atoms with van der Waals surface area (Å²) in [6.07, 6.45) is 6.31. The number of aromatic amines is 1. The summed E-state index contributed by atoms with van der Waals surface area (Å²) in [4.78, 5) is 15.0. The maximum atomic E-state index is 10.2. The molecule has 0 saturated heterocycles. The van der Waals surface area contributed by atoms with Crippen LogP contribution in [-0.2, 0) is 5.75 Å². The number of aliphatic hydroxyl groups excluding tert-OH is 1. The summed E-state index contributed by atoms with van der Waals surface area (Å²) in [7, 11) is 0. The number of nitriles is 1. The van der Waals surface area contributed by atoms with Crippen molar-refractivity contribution in [3.63, 3.8) is 0 Å². The Morgan fingerprint density at radius 3 is 2.75 bits per heavy atom. The van der Waals surface area contributed by atoms with Crippen molar-refractivity contribution in [2.24, 2.45) is 0 Å². The zero-order valence-electron chi connectivity index (χ0n) is 17.3. The van der Waals surface area contributed by atoms with Gasteiger partial charge in [0, 0.05) is 17.5 Å². The number of pyridine rings is 1. The van der Waals surface area contributed by atoms with Gasteiger partial charge in [0.15, 0.2) is 0 Å². The van der Waals surface area contributed by atoms with E-state index in [4.69, 9.17) is 17.0 Å². The summed E-state index contributed by atoms with van der Waals surface area (Å²) in [6.45, 7) is 7.59. The number of ether oxygens (including phenoxy) is 1. The van der Waals surface area contributed by atoms with E-state index in [0.29, 0.717) is 33.2 Å². The highest BCUT2D eigenvalue weighted by molar-refractivity contribution is 7.98. The van der Waals surface area contributed by atoms with Gasteiger partial charge in [-0.3, -0.25) is 0 Å². The van der Waals surface area contributed by atoms with Crippen LogP contribution in [0.5, 0.6) is 5.75 Å². The van der Waals surface area contributed by atoms with Crippen molar-refractivity contribution in [2.75, 3.05) is 5.73 Å². The second-order valence-corrected chi connectivity index (χ2v) is 8.47. The molecule has 0 spiro atoms. The van der Waals surface area contributed by atoms with Crippen molar-refractivity contribution in [1.82, 2.24) is 15.0 Å². The lowest BCUT2D eigenvalue weighted by molar-refractivity contribution is 0.00688. The second kappa shape index (κ2) is 9.73. The smallest absolute Gasteiger partial charge is 0.236 e. The number of hydrogen-bond acceptors (Lipinski definition) is 7. The first-order valence-corrected chi connectivity index (χ1v) is 11.3. The van der Waals surface area contributed by atoms with Gasteiger partial charge in [0.05, 0.1) is 30.3 Å². The van der Waals surface area contributed by atoms with Gasteiger partial charge >= 0.3 is 0 Å². The Morgan fingerprint density at radius 2 is 2.09 bits per heavy atom. The number of nitrogen functional groups attached to an aromatic ring is 1. The zero-order chi connectivity index (χ0) is 22.5. The number of aliphatic hydroxyl groups is 1. The monoisotopic (exact) mass is 446 g/mol. The van der Waals surface area contributed by atoms with E-state index in [1.165, 1.54) is 11.8 Å². The van der Waals surface area contributed by atoms with E-state index in [0.717, 1.165) is 31.4 Å². The molecular formula is C23H22N6O2S. The lowest BCUT2D eigenvalue weighted by Crippen LogP contribution is -2.34. The minimum atomic E-state index is -0.462. The molecule has 0 aliphatic heterocycles. The molecule has 1 saturated carbocycles. The summed E-state index contributed by atoms with van der Waals surface area (Å²) in [5.74, 6) is 1.24. The minimum Gasteiger partial charge on any atom is -0.488 e. The first kappa shape index (κ1) is 21.7. The highest BCUT2D eigenvalue weighted by Crippen LogP contribution is 2.42. The molecule has 1 aliphatic rings. The highest BCUT2D eigenvalue weighted by Gasteiger charge is 2.25. The van der Waals surface area contributed by atoms with Gasteiger partial charge in [-0.15, -0.1) is 0 Å². The number of thioether (sulfide) groups is 1. The predicted octanol–water partition coefficient (Wildman–Crippen LogP) is 4.45. The molecule has 1 aliphatic carbocycles. The normalized spacial score (nSPS) is 18.0. The van der Waals surface area contributed by atoms with Crippen LogP contribution < -0.4 is 10.5 Å². The van der Waals surface area contributed by atoms with Crippen LogP contribution in [0.4, 0.5) is 11.5 Å². The van der Waals surface area contributed by atoms with Gasteiger partial charge in [-0.1, -0.05) is 30.3 Å². The predicted molar refractivity (Wildman–Crippen MR) is 122 cm³/mol. The van der Waals surface area contributed by atoms with Gasteiger partial charge in [-0.25, -0.2) is 14.8 Å². The Labute approximate surface area is 190 Å². The van der Waals surface area contributed by atoms with Crippen LogP contribution in [0.3, 0.4) is 0 Å². The van der Waals surface area contributed by atoms with Crippen LogP contribution in [0.25, 0.3) is 16.0 Å². The average molecular weight is 447 g/mol.